The van der Waals surface area contributed by atoms with Crippen LogP contribution in [0.1, 0.15) is 37.5 Å². The summed E-state index contributed by atoms with van der Waals surface area (Å²) in [6.45, 7) is 11.9. The average Bonchev–Trinajstić information content (AvgIpc) is 2.40. The minimum Gasteiger partial charge on any atom is -0.335 e. The van der Waals surface area contributed by atoms with Crippen molar-refractivity contribution in [1.82, 2.24) is 10.6 Å². The molecule has 1 aromatic rings. The molecule has 3 N–H and O–H groups in total. The molecule has 1 rings (SSSR count). The van der Waals surface area contributed by atoms with Crippen LogP contribution < -0.4 is 16.0 Å². The highest BCUT2D eigenvalue weighted by atomic mass is 16.2. The van der Waals surface area contributed by atoms with E-state index >= 15 is 0 Å². The van der Waals surface area contributed by atoms with Crippen molar-refractivity contribution < 1.29 is 9.59 Å². The van der Waals surface area contributed by atoms with Gasteiger partial charge in [-0.05, 0) is 44.7 Å². The van der Waals surface area contributed by atoms with E-state index in [4.69, 9.17) is 0 Å². The number of hydrogen-bond donors (Lipinski definition) is 3. The van der Waals surface area contributed by atoms with Crippen LogP contribution in [0.15, 0.2) is 12.1 Å². The zero-order valence-corrected chi connectivity index (χ0v) is 14.3. The Morgan fingerprint density at radius 3 is 2.09 bits per heavy atom. The van der Waals surface area contributed by atoms with E-state index in [9.17, 15) is 9.59 Å². The molecule has 5 nitrogen and oxygen atoms in total. The van der Waals surface area contributed by atoms with Gasteiger partial charge in [-0.3, -0.25) is 4.79 Å². The molecule has 1 aromatic carbocycles. The molecule has 22 heavy (non-hydrogen) atoms. The smallest absolute Gasteiger partial charge is 0.315 e. The van der Waals surface area contributed by atoms with Crippen LogP contribution in [-0.4, -0.2) is 24.5 Å². The van der Waals surface area contributed by atoms with Gasteiger partial charge in [-0.2, -0.15) is 0 Å². The number of hydrogen-bond acceptors (Lipinski definition) is 2. The van der Waals surface area contributed by atoms with Gasteiger partial charge in [0.2, 0.25) is 5.91 Å². The van der Waals surface area contributed by atoms with E-state index in [0.29, 0.717) is 5.92 Å². The van der Waals surface area contributed by atoms with Crippen LogP contribution >= 0.6 is 0 Å². The first kappa shape index (κ1) is 18.0. The molecule has 0 radical (unpaired) electrons. The molecule has 0 saturated heterocycles. The molecule has 0 saturated carbocycles. The van der Waals surface area contributed by atoms with Crippen LogP contribution in [0.3, 0.4) is 0 Å². The molecule has 1 unspecified atom stereocenters. The van der Waals surface area contributed by atoms with E-state index in [-0.39, 0.29) is 24.5 Å². The lowest BCUT2D eigenvalue weighted by molar-refractivity contribution is -0.115. The summed E-state index contributed by atoms with van der Waals surface area (Å²) in [5.74, 6) is 0.111. The number of amides is 3. The molecule has 0 fully saturated rings. The molecule has 0 aliphatic carbocycles. The molecule has 1 atom stereocenters. The van der Waals surface area contributed by atoms with E-state index in [1.165, 1.54) is 0 Å². The summed E-state index contributed by atoms with van der Waals surface area (Å²) in [5.41, 5.74) is 4.01. The predicted octanol–water partition coefficient (Wildman–Crippen LogP) is 2.89. The predicted molar refractivity (Wildman–Crippen MR) is 90.1 cm³/mol. The highest BCUT2D eigenvalue weighted by Crippen LogP contribution is 2.21. The van der Waals surface area contributed by atoms with Crippen LogP contribution in [0, 0.1) is 26.7 Å². The molecular weight excluding hydrogens is 278 g/mol. The van der Waals surface area contributed by atoms with E-state index in [2.05, 4.69) is 16.0 Å². The lowest BCUT2D eigenvalue weighted by Gasteiger charge is -2.18. The third kappa shape index (κ3) is 5.39. The SMILES string of the molecule is Cc1cc(C)c(NC(=O)CNC(=O)NC(C)C(C)C)c(C)c1. The molecule has 122 valence electrons. The molecule has 3 amide bonds. The highest BCUT2D eigenvalue weighted by Gasteiger charge is 2.12. The second-order valence-electron chi connectivity index (χ2n) is 6.18. The first-order chi connectivity index (χ1) is 10.2. The van der Waals surface area contributed by atoms with E-state index in [0.717, 1.165) is 22.4 Å². The third-order valence-corrected chi connectivity index (χ3v) is 3.71. The maximum absolute atomic E-state index is 12.0. The van der Waals surface area contributed by atoms with Crippen LogP contribution in [0.4, 0.5) is 10.5 Å². The van der Waals surface area contributed by atoms with Gasteiger partial charge in [-0.1, -0.05) is 31.5 Å². The van der Waals surface area contributed by atoms with E-state index in [1.807, 2.05) is 53.7 Å². The molecule has 0 heterocycles. The standard InChI is InChI=1S/C17H27N3O2/c1-10(2)14(6)19-17(22)18-9-15(21)20-16-12(4)7-11(3)8-13(16)5/h7-8,10,14H,9H2,1-6H3,(H,20,21)(H2,18,19,22). The number of anilines is 1. The zero-order valence-electron chi connectivity index (χ0n) is 14.3. The second kappa shape index (κ2) is 7.82. The molecular formula is C17H27N3O2. The van der Waals surface area contributed by atoms with Crippen molar-refractivity contribution in [2.75, 3.05) is 11.9 Å². The number of rotatable bonds is 5. The second-order valence-corrected chi connectivity index (χ2v) is 6.18. The van der Waals surface area contributed by atoms with Crippen molar-refractivity contribution in [2.24, 2.45) is 5.92 Å². The summed E-state index contributed by atoms with van der Waals surface area (Å²) in [5, 5.41) is 8.23. The lowest BCUT2D eigenvalue weighted by Crippen LogP contribution is -2.45. The first-order valence-electron chi connectivity index (χ1n) is 7.62. The maximum atomic E-state index is 12.0. The Bertz CT molecular complexity index is 530. The van der Waals surface area contributed by atoms with Gasteiger partial charge < -0.3 is 16.0 Å². The Kier molecular flexibility index (Phi) is 6.40. The summed E-state index contributed by atoms with van der Waals surface area (Å²) >= 11 is 0. The quantitative estimate of drug-likeness (QED) is 0.783. The topological polar surface area (TPSA) is 70.2 Å². The average molecular weight is 305 g/mol. The van der Waals surface area contributed by atoms with Gasteiger partial charge in [0.15, 0.2) is 0 Å². The molecule has 0 bridgehead atoms. The number of carbonyl (C=O) groups is 2. The normalized spacial score (nSPS) is 12.0. The largest absolute Gasteiger partial charge is 0.335 e. The van der Waals surface area contributed by atoms with Crippen LogP contribution in [0.25, 0.3) is 0 Å². The van der Waals surface area contributed by atoms with Gasteiger partial charge in [-0.25, -0.2) is 4.79 Å². The fraction of sp³-hybridized carbons (Fsp3) is 0.529. The molecule has 0 aromatic heterocycles. The summed E-state index contributed by atoms with van der Waals surface area (Å²) in [6, 6.07) is 3.78. The molecule has 0 spiro atoms. The Morgan fingerprint density at radius 2 is 1.59 bits per heavy atom. The minimum absolute atomic E-state index is 0.0522. The number of carbonyl (C=O) groups excluding carboxylic acids is 2. The van der Waals surface area contributed by atoms with Gasteiger partial charge >= 0.3 is 6.03 Å². The fourth-order valence-corrected chi connectivity index (χ4v) is 2.15. The highest BCUT2D eigenvalue weighted by molar-refractivity contribution is 5.95. The van der Waals surface area contributed by atoms with Crippen molar-refractivity contribution >= 4 is 17.6 Å². The number of urea groups is 1. The van der Waals surface area contributed by atoms with Crippen molar-refractivity contribution in [2.45, 2.75) is 47.6 Å². The van der Waals surface area contributed by atoms with E-state index < -0.39 is 0 Å². The molecule has 0 aliphatic rings. The van der Waals surface area contributed by atoms with Gasteiger partial charge in [-0.15, -0.1) is 0 Å². The fourth-order valence-electron chi connectivity index (χ4n) is 2.15. The van der Waals surface area contributed by atoms with Crippen molar-refractivity contribution in [3.8, 4) is 0 Å². The molecule has 5 heteroatoms. The van der Waals surface area contributed by atoms with Gasteiger partial charge in [0.25, 0.3) is 0 Å². The molecule has 0 aliphatic heterocycles. The monoisotopic (exact) mass is 305 g/mol. The van der Waals surface area contributed by atoms with Crippen LogP contribution in [0.2, 0.25) is 0 Å². The maximum Gasteiger partial charge on any atom is 0.315 e. The number of benzene rings is 1. The lowest BCUT2D eigenvalue weighted by atomic mass is 10.1. The summed E-state index contributed by atoms with van der Waals surface area (Å²) in [4.78, 5) is 23.7. The zero-order chi connectivity index (χ0) is 16.9. The number of nitrogens with one attached hydrogen (secondary N) is 3. The third-order valence-electron chi connectivity index (χ3n) is 3.71. The van der Waals surface area contributed by atoms with Gasteiger partial charge in [0.05, 0.1) is 6.54 Å². The Morgan fingerprint density at radius 1 is 1.05 bits per heavy atom. The van der Waals surface area contributed by atoms with Crippen molar-refractivity contribution in [1.29, 1.82) is 0 Å². The van der Waals surface area contributed by atoms with Crippen molar-refractivity contribution in [3.05, 3.63) is 28.8 Å². The van der Waals surface area contributed by atoms with Crippen LogP contribution in [0.5, 0.6) is 0 Å². The van der Waals surface area contributed by atoms with Crippen LogP contribution in [-0.2, 0) is 4.79 Å². The van der Waals surface area contributed by atoms with E-state index in [1.54, 1.807) is 0 Å². The van der Waals surface area contributed by atoms with Gasteiger partial charge in [0.1, 0.15) is 0 Å². The summed E-state index contributed by atoms with van der Waals surface area (Å²) in [7, 11) is 0. The minimum atomic E-state index is -0.325. The van der Waals surface area contributed by atoms with Gasteiger partial charge in [0, 0.05) is 11.7 Å². The first-order valence-corrected chi connectivity index (χ1v) is 7.62. The summed E-state index contributed by atoms with van der Waals surface area (Å²) < 4.78 is 0. The number of aryl methyl sites for hydroxylation is 3. The Labute approximate surface area is 132 Å². The Balaban J connectivity index is 2.52. The summed E-state index contributed by atoms with van der Waals surface area (Å²) in [6.07, 6.45) is 0. The van der Waals surface area contributed by atoms with Crippen molar-refractivity contribution in [3.63, 3.8) is 0 Å². The Hall–Kier alpha value is -2.04.